The maximum atomic E-state index is 12.0. The molecule has 0 aliphatic heterocycles. The van der Waals surface area contributed by atoms with Crippen LogP contribution >= 0.6 is 11.6 Å². The second kappa shape index (κ2) is 6.20. The van der Waals surface area contributed by atoms with Crippen LogP contribution in [-0.4, -0.2) is 24.1 Å². The van der Waals surface area contributed by atoms with Crippen molar-refractivity contribution in [2.45, 2.75) is 25.9 Å². The highest BCUT2D eigenvalue weighted by Gasteiger charge is 2.24. The minimum atomic E-state index is -0.560. The molecule has 1 N–H and O–H groups in total. The Hall–Kier alpha value is -1.65. The molecule has 0 saturated carbocycles. The molecule has 106 valence electrons. The van der Waals surface area contributed by atoms with Gasteiger partial charge in [0.15, 0.2) is 0 Å². The number of esters is 1. The summed E-state index contributed by atoms with van der Waals surface area (Å²) < 4.78 is 4.88. The number of rotatable bonds is 4. The molecule has 5 heteroatoms. The predicted molar refractivity (Wildman–Crippen MR) is 79.8 cm³/mol. The van der Waals surface area contributed by atoms with Gasteiger partial charge in [0.1, 0.15) is 6.04 Å². The number of benzene rings is 1. The minimum absolute atomic E-state index is 0.133. The first-order valence-corrected chi connectivity index (χ1v) is 6.79. The van der Waals surface area contributed by atoms with Gasteiger partial charge in [-0.3, -0.25) is 10.3 Å². The highest BCUT2D eigenvalue weighted by Crippen LogP contribution is 2.29. The highest BCUT2D eigenvalue weighted by molar-refractivity contribution is 6.35. The normalized spacial score (nSPS) is 12.7. The standard InChI is InChI=1S/C15H17ClN2O2/c1-9(2)18-14(15(19)20-3)11-6-7-12(16)10-5-4-8-17-13(10)11/h4-9,14,18H,1-3H3. The molecule has 1 aromatic heterocycles. The number of hydrogen-bond donors (Lipinski definition) is 1. The first-order chi connectivity index (χ1) is 9.54. The van der Waals surface area contributed by atoms with Gasteiger partial charge in [0.05, 0.1) is 12.6 Å². The van der Waals surface area contributed by atoms with Crippen molar-refractivity contribution in [1.82, 2.24) is 10.3 Å². The van der Waals surface area contributed by atoms with Crippen molar-refractivity contribution in [3.05, 3.63) is 41.0 Å². The zero-order valence-electron chi connectivity index (χ0n) is 11.7. The monoisotopic (exact) mass is 292 g/mol. The molecule has 1 unspecified atom stereocenters. The number of nitrogens with one attached hydrogen (secondary N) is 1. The summed E-state index contributed by atoms with van der Waals surface area (Å²) in [6.07, 6.45) is 1.69. The van der Waals surface area contributed by atoms with E-state index >= 15 is 0 Å². The van der Waals surface area contributed by atoms with E-state index in [2.05, 4.69) is 10.3 Å². The van der Waals surface area contributed by atoms with Crippen LogP contribution < -0.4 is 5.32 Å². The summed E-state index contributed by atoms with van der Waals surface area (Å²) in [5, 5.41) is 4.64. The molecular weight excluding hydrogens is 276 g/mol. The first kappa shape index (κ1) is 14.8. The molecule has 1 aromatic carbocycles. The van der Waals surface area contributed by atoms with Gasteiger partial charge in [0.25, 0.3) is 0 Å². The van der Waals surface area contributed by atoms with E-state index in [0.717, 1.165) is 10.9 Å². The van der Waals surface area contributed by atoms with Gasteiger partial charge in [-0.15, -0.1) is 0 Å². The fourth-order valence-electron chi connectivity index (χ4n) is 2.13. The number of halogens is 1. The van der Waals surface area contributed by atoms with Gasteiger partial charge in [0.2, 0.25) is 0 Å². The molecule has 0 spiro atoms. The van der Waals surface area contributed by atoms with Crippen LogP contribution in [0, 0.1) is 0 Å². The smallest absolute Gasteiger partial charge is 0.327 e. The Morgan fingerprint density at radius 3 is 2.75 bits per heavy atom. The summed E-state index contributed by atoms with van der Waals surface area (Å²) in [4.78, 5) is 16.4. The van der Waals surface area contributed by atoms with E-state index in [4.69, 9.17) is 16.3 Å². The summed E-state index contributed by atoms with van der Waals surface area (Å²) in [5.41, 5.74) is 1.48. The van der Waals surface area contributed by atoms with Gasteiger partial charge in [-0.25, -0.2) is 4.79 Å². The maximum absolute atomic E-state index is 12.0. The molecule has 0 fully saturated rings. The van der Waals surface area contributed by atoms with Gasteiger partial charge in [-0.1, -0.05) is 17.7 Å². The topological polar surface area (TPSA) is 51.2 Å². The van der Waals surface area contributed by atoms with Crippen LogP contribution in [0.5, 0.6) is 0 Å². The largest absolute Gasteiger partial charge is 0.468 e. The number of ether oxygens (including phenoxy) is 1. The van der Waals surface area contributed by atoms with Gasteiger partial charge < -0.3 is 4.74 Å². The van der Waals surface area contributed by atoms with Gasteiger partial charge >= 0.3 is 5.97 Å². The maximum Gasteiger partial charge on any atom is 0.327 e. The Bertz CT molecular complexity index is 628. The van der Waals surface area contributed by atoms with Gasteiger partial charge in [-0.05, 0) is 32.0 Å². The van der Waals surface area contributed by atoms with Crippen molar-refractivity contribution in [3.63, 3.8) is 0 Å². The molecule has 0 bridgehead atoms. The Kier molecular flexibility index (Phi) is 4.57. The summed E-state index contributed by atoms with van der Waals surface area (Å²) in [6.45, 7) is 3.95. The molecule has 0 aliphatic carbocycles. The van der Waals surface area contributed by atoms with Crippen molar-refractivity contribution in [1.29, 1.82) is 0 Å². The molecule has 0 radical (unpaired) electrons. The summed E-state index contributed by atoms with van der Waals surface area (Å²) in [6, 6.07) is 6.87. The fraction of sp³-hybridized carbons (Fsp3) is 0.333. The van der Waals surface area contributed by atoms with Crippen LogP contribution in [0.3, 0.4) is 0 Å². The van der Waals surface area contributed by atoms with Crippen LogP contribution in [0.25, 0.3) is 10.9 Å². The number of fused-ring (bicyclic) bond motifs is 1. The van der Waals surface area contributed by atoms with Crippen molar-refractivity contribution in [2.24, 2.45) is 0 Å². The third-order valence-corrected chi connectivity index (χ3v) is 3.33. The third-order valence-electron chi connectivity index (χ3n) is 3.00. The number of aromatic nitrogens is 1. The zero-order chi connectivity index (χ0) is 14.7. The SMILES string of the molecule is COC(=O)C(NC(C)C)c1ccc(Cl)c2cccnc12. The van der Waals surface area contributed by atoms with Crippen molar-refractivity contribution in [2.75, 3.05) is 7.11 Å². The van der Waals surface area contributed by atoms with E-state index in [-0.39, 0.29) is 12.0 Å². The molecule has 20 heavy (non-hydrogen) atoms. The Balaban J connectivity index is 2.59. The van der Waals surface area contributed by atoms with E-state index in [1.165, 1.54) is 7.11 Å². The van der Waals surface area contributed by atoms with Crippen LogP contribution in [0.15, 0.2) is 30.5 Å². The molecular formula is C15H17ClN2O2. The lowest BCUT2D eigenvalue weighted by Gasteiger charge is -2.20. The number of nitrogens with zero attached hydrogens (tertiary/aromatic N) is 1. The second-order valence-electron chi connectivity index (χ2n) is 4.81. The number of methoxy groups -OCH3 is 1. The Labute approximate surface area is 123 Å². The minimum Gasteiger partial charge on any atom is -0.468 e. The Morgan fingerprint density at radius 1 is 1.35 bits per heavy atom. The highest BCUT2D eigenvalue weighted by atomic mass is 35.5. The van der Waals surface area contributed by atoms with Crippen molar-refractivity contribution in [3.8, 4) is 0 Å². The Morgan fingerprint density at radius 2 is 2.10 bits per heavy atom. The predicted octanol–water partition coefficient (Wildman–Crippen LogP) is 3.10. The average molecular weight is 293 g/mol. The summed E-state index contributed by atoms with van der Waals surface area (Å²) in [5.74, 6) is -0.340. The number of pyridine rings is 1. The van der Waals surface area contributed by atoms with Crippen LogP contribution in [0.4, 0.5) is 0 Å². The molecule has 0 saturated heterocycles. The lowest BCUT2D eigenvalue weighted by molar-refractivity contribution is -0.143. The molecule has 1 atom stereocenters. The van der Waals surface area contributed by atoms with E-state index in [1.807, 2.05) is 32.0 Å². The number of carbonyl (C=O) groups excluding carboxylic acids is 1. The average Bonchev–Trinajstić information content (AvgIpc) is 2.45. The molecule has 0 aliphatic rings. The lowest BCUT2D eigenvalue weighted by atomic mass is 10.0. The molecule has 2 rings (SSSR count). The quantitative estimate of drug-likeness (QED) is 0.880. The van der Waals surface area contributed by atoms with Crippen LogP contribution in [0.1, 0.15) is 25.5 Å². The summed E-state index contributed by atoms with van der Waals surface area (Å²) >= 11 is 6.18. The second-order valence-corrected chi connectivity index (χ2v) is 5.22. The van der Waals surface area contributed by atoms with E-state index in [0.29, 0.717) is 10.5 Å². The lowest BCUT2D eigenvalue weighted by Crippen LogP contribution is -2.34. The zero-order valence-corrected chi connectivity index (χ0v) is 12.4. The van der Waals surface area contributed by atoms with E-state index in [9.17, 15) is 4.79 Å². The van der Waals surface area contributed by atoms with Crippen LogP contribution in [0.2, 0.25) is 5.02 Å². The fourth-order valence-corrected chi connectivity index (χ4v) is 2.34. The summed E-state index contributed by atoms with van der Waals surface area (Å²) in [7, 11) is 1.38. The molecule has 0 amide bonds. The van der Waals surface area contributed by atoms with E-state index < -0.39 is 6.04 Å². The number of hydrogen-bond acceptors (Lipinski definition) is 4. The van der Waals surface area contributed by atoms with Crippen molar-refractivity contribution < 1.29 is 9.53 Å². The first-order valence-electron chi connectivity index (χ1n) is 6.41. The molecule has 2 aromatic rings. The van der Waals surface area contributed by atoms with Gasteiger partial charge in [0, 0.05) is 28.2 Å². The third kappa shape index (κ3) is 2.92. The van der Waals surface area contributed by atoms with E-state index in [1.54, 1.807) is 12.3 Å². The van der Waals surface area contributed by atoms with Gasteiger partial charge in [-0.2, -0.15) is 0 Å². The number of carbonyl (C=O) groups is 1. The molecule has 1 heterocycles. The van der Waals surface area contributed by atoms with Crippen molar-refractivity contribution >= 4 is 28.5 Å². The van der Waals surface area contributed by atoms with Crippen LogP contribution in [-0.2, 0) is 9.53 Å². The molecule has 4 nitrogen and oxygen atoms in total.